The maximum atomic E-state index is 15.9. The predicted octanol–water partition coefficient (Wildman–Crippen LogP) is 2.99. The molecule has 22 heteroatoms. The quantitative estimate of drug-likeness (QED) is 0.168. The molecule has 15 nitrogen and oxygen atoms in total. The highest BCUT2D eigenvalue weighted by molar-refractivity contribution is 8.60. The number of nitrogen functional groups attached to an aromatic ring is 1. The number of imidazole rings is 2. The third-order valence-electron chi connectivity index (χ3n) is 6.21. The lowest BCUT2D eigenvalue weighted by atomic mass is 10.1. The van der Waals surface area contributed by atoms with Crippen molar-refractivity contribution in [3.8, 4) is 0 Å². The van der Waals surface area contributed by atoms with Crippen molar-refractivity contribution in [2.45, 2.75) is 45.2 Å². The Balaban J connectivity index is 0.00000353. The number of pyridine rings is 1. The Labute approximate surface area is 257 Å². The maximum absolute atomic E-state index is 15.9. The van der Waals surface area contributed by atoms with Crippen LogP contribution in [0.4, 0.5) is 10.3 Å². The van der Waals surface area contributed by atoms with E-state index in [1.807, 2.05) is 0 Å². The molecule has 0 aromatic carbocycles. The van der Waals surface area contributed by atoms with E-state index >= 15 is 4.39 Å². The molecule has 0 aliphatic carbocycles. The molecule has 6 heterocycles. The minimum Gasteiger partial charge on any atom is -0.369 e. The number of nitrogens with two attached hydrogens (primary N) is 1. The van der Waals surface area contributed by atoms with Crippen LogP contribution in [0.25, 0.3) is 22.3 Å². The first kappa shape index (κ1) is 31.8. The standard InChI is InChI=1S/C19H20ClFN8O7P2S3.CH4/c20-8-3-9-16(23-4-8)28-1-2-32-38(40,41)34-5-10-12(21)14(36-37(31,39)33-6-11(28)25-9)18(35-10)29-7-24-15-13(29)17(30)27-19(22)26-15;/h3-4,7,10,12,14,18H,1-2,5-6H2,(H,31,39)(H,40,41)(H3,22,26,27,30);1H4/t10-,12-,14-,18-,37?;/m1./s1. The van der Waals surface area contributed by atoms with Crippen LogP contribution in [-0.4, -0.2) is 70.5 Å². The number of fused-ring (bicyclic) bond motifs is 6. The van der Waals surface area contributed by atoms with Crippen LogP contribution in [0.2, 0.25) is 5.02 Å². The molecule has 0 radical (unpaired) electrons. The number of alkyl halides is 1. The fraction of sp³-hybridized carbons (Fsp3) is 0.450. The number of rotatable bonds is 1. The number of aromatic nitrogens is 7. The van der Waals surface area contributed by atoms with Crippen LogP contribution in [0.5, 0.6) is 0 Å². The molecule has 4 aromatic rings. The summed E-state index contributed by atoms with van der Waals surface area (Å²) in [4.78, 5) is 42.9. The van der Waals surface area contributed by atoms with Crippen molar-refractivity contribution in [3.63, 3.8) is 0 Å². The number of halogens is 2. The zero-order valence-corrected chi connectivity index (χ0v) is 25.5. The van der Waals surface area contributed by atoms with Crippen molar-refractivity contribution in [2.75, 3.05) is 18.9 Å². The van der Waals surface area contributed by atoms with Gasteiger partial charge in [0.15, 0.2) is 29.2 Å². The van der Waals surface area contributed by atoms with Crippen LogP contribution < -0.4 is 11.3 Å². The van der Waals surface area contributed by atoms with Crippen LogP contribution in [0.15, 0.2) is 23.4 Å². The maximum Gasteiger partial charge on any atom is 0.325 e. The summed E-state index contributed by atoms with van der Waals surface area (Å²) in [5.74, 6) is 0.143. The third kappa shape index (κ3) is 6.29. The Kier molecular flexibility index (Phi) is 9.14. The summed E-state index contributed by atoms with van der Waals surface area (Å²) in [6, 6.07) is 1.61. The van der Waals surface area contributed by atoms with E-state index in [4.69, 9.17) is 63.8 Å². The predicted molar refractivity (Wildman–Crippen MR) is 162 cm³/mol. The summed E-state index contributed by atoms with van der Waals surface area (Å²) in [5, 5.41) is 0.363. The average Bonchev–Trinajstić information content (AvgIpc) is 3.55. The molecule has 0 saturated carbocycles. The Morgan fingerprint density at radius 3 is 2.83 bits per heavy atom. The van der Waals surface area contributed by atoms with E-state index in [1.54, 1.807) is 10.6 Å². The van der Waals surface area contributed by atoms with Gasteiger partial charge >= 0.3 is 6.72 Å². The van der Waals surface area contributed by atoms with Crippen molar-refractivity contribution in [3.05, 3.63) is 39.8 Å². The SMILES string of the molecule is C.Nc1nc2ncn([C@@H]3O[C@@H]4COP(=S)(S)OCCn5c(nc6cc(Cl)cnc65)COP(O)(=S)O[C@@H]3[C@@H]4F)c2c(=O)[nH]1. The number of nitrogens with one attached hydrogen (secondary N) is 1. The highest BCUT2D eigenvalue weighted by atomic mass is 35.5. The molecule has 2 bridgehead atoms. The molecule has 2 unspecified atom stereocenters. The Hall–Kier alpha value is -1.60. The molecule has 0 spiro atoms. The first-order valence-electron chi connectivity index (χ1n) is 11.7. The summed E-state index contributed by atoms with van der Waals surface area (Å²) >= 11 is 21.1. The first-order chi connectivity index (χ1) is 19.4. The second-order valence-electron chi connectivity index (χ2n) is 8.87. The van der Waals surface area contributed by atoms with Crippen molar-refractivity contribution in [2.24, 2.45) is 0 Å². The topological polar surface area (TPSA) is 187 Å². The molecule has 228 valence electrons. The fourth-order valence-electron chi connectivity index (χ4n) is 4.48. The Morgan fingerprint density at radius 1 is 1.26 bits per heavy atom. The zero-order valence-electron chi connectivity index (χ0n) is 20.4. The van der Waals surface area contributed by atoms with Gasteiger partial charge in [0.25, 0.3) is 5.56 Å². The fourth-order valence-corrected chi connectivity index (χ4v) is 7.53. The van der Waals surface area contributed by atoms with Crippen molar-refractivity contribution >= 4 is 88.2 Å². The molecule has 4 N–H and O–H groups in total. The van der Waals surface area contributed by atoms with Crippen LogP contribution in [-0.2, 0) is 59.6 Å². The number of H-pyrrole nitrogens is 1. The third-order valence-corrected chi connectivity index (χ3v) is 10.3. The summed E-state index contributed by atoms with van der Waals surface area (Å²) < 4.78 is 47.4. The van der Waals surface area contributed by atoms with Crippen LogP contribution in [0.1, 0.15) is 19.5 Å². The van der Waals surface area contributed by atoms with E-state index < -0.39 is 42.6 Å². The van der Waals surface area contributed by atoms with Gasteiger partial charge in [0, 0.05) is 12.7 Å². The van der Waals surface area contributed by atoms with Crippen LogP contribution in [0.3, 0.4) is 0 Å². The highest BCUT2D eigenvalue weighted by Gasteiger charge is 2.50. The molecule has 0 amide bonds. The number of nitrogens with zero attached hydrogens (tertiary/aromatic N) is 6. The number of hydrogen-bond acceptors (Lipinski definition) is 13. The van der Waals surface area contributed by atoms with E-state index in [1.165, 1.54) is 17.1 Å². The van der Waals surface area contributed by atoms with E-state index in [0.717, 1.165) is 0 Å². The van der Waals surface area contributed by atoms with E-state index in [2.05, 4.69) is 37.2 Å². The Morgan fingerprint density at radius 2 is 2.05 bits per heavy atom. The largest absolute Gasteiger partial charge is 0.369 e. The van der Waals surface area contributed by atoms with Gasteiger partial charge in [-0.2, -0.15) is 4.98 Å². The Bertz CT molecular complexity index is 1810. The van der Waals surface area contributed by atoms with Crippen molar-refractivity contribution in [1.82, 2.24) is 34.1 Å². The smallest absolute Gasteiger partial charge is 0.325 e. The van der Waals surface area contributed by atoms with E-state index in [0.29, 0.717) is 22.0 Å². The number of hydrogen-bond donors (Lipinski definition) is 4. The first-order valence-corrected chi connectivity index (χ1v) is 18.5. The number of thiol groups is 1. The van der Waals surface area contributed by atoms with E-state index in [-0.39, 0.29) is 50.9 Å². The minimum atomic E-state index is -4.15. The van der Waals surface area contributed by atoms with Gasteiger partial charge in [-0.1, -0.05) is 31.3 Å². The van der Waals surface area contributed by atoms with Gasteiger partial charge in [-0.15, -0.1) is 0 Å². The second-order valence-corrected chi connectivity index (χ2v) is 17.4. The second kappa shape index (κ2) is 12.1. The van der Waals surface area contributed by atoms with Gasteiger partial charge < -0.3 is 33.5 Å². The summed E-state index contributed by atoms with van der Waals surface area (Å²) in [7, 11) is 0. The monoisotopic (exact) mass is 700 g/mol. The zero-order chi connectivity index (χ0) is 29.1. The molecule has 42 heavy (non-hydrogen) atoms. The summed E-state index contributed by atoms with van der Waals surface area (Å²) in [6.07, 6.45) is -3.48. The van der Waals surface area contributed by atoms with Crippen LogP contribution in [0, 0.1) is 0 Å². The molecule has 6 rings (SSSR count). The molecule has 1 saturated heterocycles. The molecule has 2 aliphatic heterocycles. The summed E-state index contributed by atoms with van der Waals surface area (Å²) in [6.45, 7) is -4.63. The van der Waals surface area contributed by atoms with Crippen molar-refractivity contribution < 1.29 is 32.1 Å². The lowest BCUT2D eigenvalue weighted by molar-refractivity contribution is -0.0443. The molecule has 4 aromatic heterocycles. The summed E-state index contributed by atoms with van der Waals surface area (Å²) in [5.41, 5.74) is 2.60. The normalized spacial score (nSPS) is 30.9. The van der Waals surface area contributed by atoms with Gasteiger partial charge in [-0.25, -0.2) is 19.3 Å². The van der Waals surface area contributed by atoms with Gasteiger partial charge in [0.1, 0.15) is 36.5 Å². The van der Waals surface area contributed by atoms with Gasteiger partial charge in [0.05, 0.1) is 18.2 Å². The average molecular weight is 701 g/mol. The van der Waals surface area contributed by atoms with Crippen LogP contribution >= 0.6 is 36.3 Å². The molecular weight excluding hydrogens is 677 g/mol. The minimum absolute atomic E-state index is 0. The number of aromatic amines is 1. The van der Waals surface area contributed by atoms with E-state index in [9.17, 15) is 9.69 Å². The number of ether oxygens (including phenoxy) is 1. The lowest BCUT2D eigenvalue weighted by Gasteiger charge is -2.25. The molecule has 1 fully saturated rings. The highest BCUT2D eigenvalue weighted by Crippen LogP contribution is 2.55. The number of anilines is 1. The van der Waals surface area contributed by atoms with Gasteiger partial charge in [0.2, 0.25) is 11.6 Å². The molecule has 2 aliphatic rings. The molecular formula is C20H24ClFN8O7P2S3. The van der Waals surface area contributed by atoms with Gasteiger partial charge in [-0.3, -0.25) is 18.9 Å². The molecule has 6 atom stereocenters. The van der Waals surface area contributed by atoms with Crippen molar-refractivity contribution in [1.29, 1.82) is 0 Å². The van der Waals surface area contributed by atoms with Gasteiger partial charge in [-0.05, 0) is 29.7 Å². The lowest BCUT2D eigenvalue weighted by Crippen LogP contribution is -2.32.